The lowest BCUT2D eigenvalue weighted by molar-refractivity contribution is -0.181. The summed E-state index contributed by atoms with van der Waals surface area (Å²) in [5.74, 6) is -1.59. The van der Waals surface area contributed by atoms with Gasteiger partial charge in [0.05, 0.1) is 19.5 Å². The van der Waals surface area contributed by atoms with Crippen molar-refractivity contribution < 1.29 is 75.8 Å². The van der Waals surface area contributed by atoms with Crippen LogP contribution in [-0.4, -0.2) is 141 Å². The molecule has 6 unspecified atom stereocenters. The first-order valence-electron chi connectivity index (χ1n) is 20.5. The quantitative estimate of drug-likeness (QED) is 0.0411. The van der Waals surface area contributed by atoms with Gasteiger partial charge in [0.1, 0.15) is 54.2 Å². The van der Waals surface area contributed by atoms with Gasteiger partial charge in [0.2, 0.25) is 5.91 Å². The molecule has 67 heavy (non-hydrogen) atoms. The van der Waals surface area contributed by atoms with Gasteiger partial charge in [-0.3, -0.25) is 27.5 Å². The van der Waals surface area contributed by atoms with Gasteiger partial charge in [-0.15, -0.1) is 6.58 Å². The standard InChI is InChI=1S/C38H48ClN9O17P2/c1-3-4-6-26(49)46(2)22(15-20-8-10-21(39)11-9-20)37(51)64-30-23(61-35(29(30)50)48-19-44-28-33(41)42-18-43-34(28)48)17-60-67(56,57)65-31-24(16-59-66(53,54)55)62-36(32(31)63-27-7-5-14-58-27)47-13-12-25(40)45-38(47)52/h3,8-13,18-19,22-24,27,29-32,35-36,50H,1,4-7,14-17H2,2H3,(H,56,57)(H2,40,45,52)(H2,41,42,43)(H2,53,54,55)/t22-,23?,24-,27?,29?,30?,31-,32-,35?,36-/m1/s1. The van der Waals surface area contributed by atoms with Gasteiger partial charge in [-0.1, -0.05) is 29.8 Å². The summed E-state index contributed by atoms with van der Waals surface area (Å²) in [6.45, 7) is 2.02. The molecular formula is C38H48ClN9O17P2. The second kappa shape index (κ2) is 21.3. The average molecular weight is 1000 g/mol. The van der Waals surface area contributed by atoms with Gasteiger partial charge in [-0.05, 0) is 36.6 Å². The summed E-state index contributed by atoms with van der Waals surface area (Å²) in [5, 5.41) is 12.3. The molecule has 0 radical (unpaired) electrons. The minimum atomic E-state index is -5.43. The Bertz CT molecular complexity index is 2560. The third kappa shape index (κ3) is 12.1. The summed E-state index contributed by atoms with van der Waals surface area (Å²) >= 11 is 6.10. The first-order chi connectivity index (χ1) is 31.8. The molecule has 3 aliphatic rings. The minimum absolute atomic E-state index is 0.00592. The fraction of sp³-hybridized carbons (Fsp3) is 0.500. The van der Waals surface area contributed by atoms with E-state index < -0.39 is 108 Å². The van der Waals surface area contributed by atoms with E-state index in [9.17, 15) is 43.3 Å². The van der Waals surface area contributed by atoms with Gasteiger partial charge in [0, 0.05) is 44.1 Å². The second-order valence-corrected chi connectivity index (χ2v) is 18.6. The van der Waals surface area contributed by atoms with Crippen molar-refractivity contribution in [2.45, 2.75) is 93.5 Å². The average Bonchev–Trinajstić information content (AvgIpc) is 4.08. The Morgan fingerprint density at radius 1 is 1.01 bits per heavy atom. The van der Waals surface area contributed by atoms with Gasteiger partial charge < -0.3 is 59.8 Å². The first-order valence-corrected chi connectivity index (χ1v) is 23.9. The number of esters is 1. The third-order valence-electron chi connectivity index (χ3n) is 10.9. The van der Waals surface area contributed by atoms with Crippen LogP contribution in [-0.2, 0) is 62.4 Å². The summed E-state index contributed by atoms with van der Waals surface area (Å²) in [6, 6.07) is 6.48. The number of allylic oxidation sites excluding steroid dienone is 1. The number of imidazole rings is 1. The SMILES string of the molecule is C=CCCC(=O)N(C)[C@H](Cc1ccc(Cl)cc1)C(=O)OC1C(COP(=O)(O)O[C@H]2[C@@H](OC3CCCO3)[C@H](n3ccc(N)nc3=O)O[C@@H]2COP(=O)(O)O)OC(n2cnc3c(N)ncnc32)C1O. The van der Waals surface area contributed by atoms with E-state index in [0.717, 1.165) is 10.9 Å². The lowest BCUT2D eigenvalue weighted by Crippen LogP contribution is -2.48. The van der Waals surface area contributed by atoms with Crippen molar-refractivity contribution in [2.75, 3.05) is 38.3 Å². The highest BCUT2D eigenvalue weighted by Gasteiger charge is 2.54. The van der Waals surface area contributed by atoms with Crippen molar-refractivity contribution in [3.63, 3.8) is 0 Å². The van der Waals surface area contributed by atoms with E-state index in [4.69, 9.17) is 60.3 Å². The maximum atomic E-state index is 14.3. The number of hydrogen-bond acceptors (Lipinski definition) is 20. The Kier molecular flexibility index (Phi) is 15.9. The van der Waals surface area contributed by atoms with Crippen molar-refractivity contribution in [3.8, 4) is 0 Å². The smallest absolute Gasteiger partial charge is 0.455 e. The van der Waals surface area contributed by atoms with Crippen LogP contribution in [0.25, 0.3) is 11.2 Å². The number of fused-ring (bicyclic) bond motifs is 1. The molecule has 11 atom stereocenters. The van der Waals surface area contributed by atoms with Crippen molar-refractivity contribution >= 4 is 61.9 Å². The molecule has 8 N–H and O–H groups in total. The molecule has 3 fully saturated rings. The number of hydrogen-bond donors (Lipinski definition) is 6. The van der Waals surface area contributed by atoms with Gasteiger partial charge >= 0.3 is 27.3 Å². The number of nitrogens with zero attached hydrogens (tertiary/aromatic N) is 7. The van der Waals surface area contributed by atoms with Crippen LogP contribution in [0.1, 0.15) is 43.7 Å². The molecule has 0 bridgehead atoms. The lowest BCUT2D eigenvalue weighted by atomic mass is 10.0. The molecule has 29 heteroatoms. The number of carbonyl (C=O) groups is 2. The predicted molar refractivity (Wildman–Crippen MR) is 230 cm³/mol. The maximum Gasteiger partial charge on any atom is 0.472 e. The van der Waals surface area contributed by atoms with Crippen LogP contribution in [0.2, 0.25) is 5.02 Å². The number of aliphatic hydroxyl groups is 1. The van der Waals surface area contributed by atoms with Crippen LogP contribution >= 0.6 is 27.2 Å². The monoisotopic (exact) mass is 999 g/mol. The Labute approximate surface area is 385 Å². The van der Waals surface area contributed by atoms with Crippen LogP contribution in [0.5, 0.6) is 0 Å². The summed E-state index contributed by atoms with van der Waals surface area (Å²) in [6.07, 6.45) is -7.66. The number of carbonyl (C=O) groups excluding carboxylic acids is 2. The summed E-state index contributed by atoms with van der Waals surface area (Å²) in [5.41, 5.74) is 11.6. The van der Waals surface area contributed by atoms with E-state index in [1.807, 2.05) is 0 Å². The number of aromatic nitrogens is 6. The van der Waals surface area contributed by atoms with E-state index in [-0.39, 0.29) is 42.2 Å². The summed E-state index contributed by atoms with van der Waals surface area (Å²) < 4.78 is 73.7. The number of nitrogens with two attached hydrogens (primary N) is 2. The Balaban J connectivity index is 1.18. The maximum absolute atomic E-state index is 14.3. The van der Waals surface area contributed by atoms with Crippen molar-refractivity contribution in [1.82, 2.24) is 34.0 Å². The number of anilines is 2. The van der Waals surface area contributed by atoms with E-state index in [0.29, 0.717) is 29.8 Å². The molecule has 0 aliphatic carbocycles. The number of likely N-dealkylation sites (N-methyl/N-ethyl adjacent to an activating group) is 1. The number of nitrogen functional groups attached to an aromatic ring is 2. The van der Waals surface area contributed by atoms with Crippen molar-refractivity contribution in [3.05, 3.63) is 82.9 Å². The van der Waals surface area contributed by atoms with Crippen molar-refractivity contribution in [1.29, 1.82) is 0 Å². The summed E-state index contributed by atoms with van der Waals surface area (Å²) in [7, 11) is -9.22. The minimum Gasteiger partial charge on any atom is -0.455 e. The molecule has 4 aromatic rings. The van der Waals surface area contributed by atoms with Gasteiger partial charge in [-0.2, -0.15) is 4.98 Å². The van der Waals surface area contributed by atoms with Crippen LogP contribution in [0.3, 0.4) is 0 Å². The Hall–Kier alpha value is -4.76. The topological polar surface area (TPSA) is 357 Å². The van der Waals surface area contributed by atoms with E-state index >= 15 is 0 Å². The highest BCUT2D eigenvalue weighted by molar-refractivity contribution is 7.47. The van der Waals surface area contributed by atoms with Crippen molar-refractivity contribution in [2.24, 2.45) is 0 Å². The molecule has 3 aromatic heterocycles. The fourth-order valence-corrected chi connectivity index (χ4v) is 9.03. The zero-order valence-electron chi connectivity index (χ0n) is 35.5. The van der Waals surface area contributed by atoms with Crippen LogP contribution in [0.15, 0.2) is 66.6 Å². The van der Waals surface area contributed by atoms with E-state index in [1.165, 1.54) is 35.1 Å². The molecule has 26 nitrogen and oxygen atoms in total. The highest BCUT2D eigenvalue weighted by atomic mass is 35.5. The first kappa shape index (κ1) is 50.1. The largest absolute Gasteiger partial charge is 0.472 e. The fourth-order valence-electron chi connectivity index (χ4n) is 7.61. The number of phosphoric ester groups is 2. The highest BCUT2D eigenvalue weighted by Crippen LogP contribution is 2.51. The number of ether oxygens (including phenoxy) is 5. The number of aliphatic hydroxyl groups excluding tert-OH is 1. The number of halogens is 1. The number of phosphoric acid groups is 2. The van der Waals surface area contributed by atoms with Crippen LogP contribution < -0.4 is 17.2 Å². The number of rotatable bonds is 20. The molecule has 7 rings (SSSR count). The molecule has 0 saturated carbocycles. The molecule has 1 aromatic carbocycles. The lowest BCUT2D eigenvalue weighted by Gasteiger charge is -2.30. The molecule has 3 saturated heterocycles. The van der Waals surface area contributed by atoms with Crippen LogP contribution in [0.4, 0.5) is 11.6 Å². The van der Waals surface area contributed by atoms with Gasteiger partial charge in [0.25, 0.3) is 0 Å². The molecule has 6 heterocycles. The second-order valence-electron chi connectivity index (χ2n) is 15.5. The molecule has 364 valence electrons. The molecule has 1 amide bonds. The Morgan fingerprint density at radius 2 is 1.73 bits per heavy atom. The number of benzene rings is 1. The predicted octanol–water partition coefficient (Wildman–Crippen LogP) is 1.14. The van der Waals surface area contributed by atoms with E-state index in [2.05, 4.69) is 26.5 Å². The number of amides is 1. The summed E-state index contributed by atoms with van der Waals surface area (Å²) in [4.78, 5) is 88.3. The molecular weight excluding hydrogens is 952 g/mol. The molecule has 3 aliphatic heterocycles. The van der Waals surface area contributed by atoms with Crippen LogP contribution in [0, 0.1) is 0 Å². The van der Waals surface area contributed by atoms with E-state index in [1.54, 1.807) is 30.3 Å². The molecule has 0 spiro atoms. The van der Waals surface area contributed by atoms with Gasteiger partial charge in [-0.25, -0.2) is 33.7 Å². The third-order valence-corrected chi connectivity index (χ3v) is 12.7. The zero-order chi connectivity index (χ0) is 48.2. The zero-order valence-corrected chi connectivity index (χ0v) is 38.0. The normalized spacial score (nSPS) is 26.6. The Morgan fingerprint density at radius 3 is 2.42 bits per heavy atom. The van der Waals surface area contributed by atoms with Gasteiger partial charge in [0.15, 0.2) is 36.3 Å².